The number of carbonyl (C=O) groups excluding carboxylic acids is 1. The van der Waals surface area contributed by atoms with Crippen molar-refractivity contribution in [3.8, 4) is 0 Å². The number of hydrogen-bond donors (Lipinski definition) is 0. The number of benzene rings is 2. The Morgan fingerprint density at radius 2 is 1.75 bits per heavy atom. The third-order valence-electron chi connectivity index (χ3n) is 4.45. The van der Waals surface area contributed by atoms with Crippen molar-refractivity contribution in [3.63, 3.8) is 0 Å². The van der Waals surface area contributed by atoms with Crippen molar-refractivity contribution in [2.45, 2.75) is 42.9 Å². The normalized spacial score (nSPS) is 22.0. The SMILES string of the molecule is Cc1ccc(S(=O)[C@H]2CC[C@H](CCc3ccccc3)C(=O)O2)cc1. The summed E-state index contributed by atoms with van der Waals surface area (Å²) in [4.78, 5) is 13.0. The fourth-order valence-corrected chi connectivity index (χ4v) is 4.20. The van der Waals surface area contributed by atoms with Crippen molar-refractivity contribution in [2.24, 2.45) is 5.92 Å². The molecule has 126 valence electrons. The molecule has 1 fully saturated rings. The van der Waals surface area contributed by atoms with Crippen LogP contribution in [0.4, 0.5) is 0 Å². The van der Waals surface area contributed by atoms with Gasteiger partial charge in [-0.25, -0.2) is 0 Å². The minimum absolute atomic E-state index is 0.0866. The fraction of sp³-hybridized carbons (Fsp3) is 0.350. The molecule has 1 aliphatic rings. The predicted octanol–water partition coefficient (Wildman–Crippen LogP) is 4.01. The van der Waals surface area contributed by atoms with Crippen LogP contribution in [-0.4, -0.2) is 15.6 Å². The maximum Gasteiger partial charge on any atom is 0.310 e. The molecule has 2 aromatic rings. The van der Waals surface area contributed by atoms with Gasteiger partial charge in [-0.2, -0.15) is 0 Å². The highest BCUT2D eigenvalue weighted by atomic mass is 32.2. The highest BCUT2D eigenvalue weighted by molar-refractivity contribution is 7.85. The van der Waals surface area contributed by atoms with Crippen molar-refractivity contribution >= 4 is 16.8 Å². The lowest BCUT2D eigenvalue weighted by atomic mass is 9.94. The van der Waals surface area contributed by atoms with Gasteiger partial charge in [-0.15, -0.1) is 0 Å². The molecular weight excluding hydrogens is 320 g/mol. The van der Waals surface area contributed by atoms with Gasteiger partial charge in [0.1, 0.15) is 0 Å². The molecule has 0 amide bonds. The molecule has 0 N–H and O–H groups in total. The monoisotopic (exact) mass is 342 g/mol. The van der Waals surface area contributed by atoms with E-state index in [1.165, 1.54) is 5.56 Å². The Bertz CT molecular complexity index is 709. The zero-order valence-corrected chi connectivity index (χ0v) is 14.6. The standard InChI is InChI=1S/C20H22O3S/c1-15-7-12-18(13-8-15)24(22)19-14-11-17(20(21)23-19)10-9-16-5-3-2-4-6-16/h2-8,12-13,17,19H,9-11,14H2,1H3/t17-,19-,24?/m0/s1. The van der Waals surface area contributed by atoms with Crippen LogP contribution in [-0.2, 0) is 26.8 Å². The zero-order valence-electron chi connectivity index (χ0n) is 13.8. The number of rotatable bonds is 5. The number of carbonyl (C=O) groups is 1. The van der Waals surface area contributed by atoms with Gasteiger partial charge in [0, 0.05) is 4.90 Å². The van der Waals surface area contributed by atoms with Gasteiger partial charge in [0.25, 0.3) is 0 Å². The first-order valence-corrected chi connectivity index (χ1v) is 9.56. The topological polar surface area (TPSA) is 43.4 Å². The van der Waals surface area contributed by atoms with Crippen molar-refractivity contribution in [2.75, 3.05) is 0 Å². The maximum atomic E-state index is 12.6. The van der Waals surface area contributed by atoms with E-state index in [4.69, 9.17) is 4.74 Å². The summed E-state index contributed by atoms with van der Waals surface area (Å²) in [5, 5.41) is 0. The van der Waals surface area contributed by atoms with Crippen LogP contribution in [0.5, 0.6) is 0 Å². The Hall–Kier alpha value is -1.94. The van der Waals surface area contributed by atoms with Crippen LogP contribution in [0.1, 0.15) is 30.4 Å². The van der Waals surface area contributed by atoms with E-state index in [1.54, 1.807) is 0 Å². The Labute approximate surface area is 145 Å². The molecule has 0 bridgehead atoms. The molecule has 3 nitrogen and oxygen atoms in total. The second-order valence-corrected chi connectivity index (χ2v) is 7.87. The second-order valence-electron chi connectivity index (χ2n) is 6.28. The first-order chi connectivity index (χ1) is 11.6. The molecule has 2 aromatic carbocycles. The Morgan fingerprint density at radius 3 is 2.42 bits per heavy atom. The molecule has 1 saturated heterocycles. The average molecular weight is 342 g/mol. The summed E-state index contributed by atoms with van der Waals surface area (Å²) >= 11 is 0. The third-order valence-corrected chi connectivity index (χ3v) is 5.99. The Kier molecular flexibility index (Phi) is 5.46. The number of esters is 1. The predicted molar refractivity (Wildman–Crippen MR) is 95.0 cm³/mol. The van der Waals surface area contributed by atoms with Gasteiger partial charge in [-0.05, 0) is 50.3 Å². The molecular formula is C20H22O3S. The van der Waals surface area contributed by atoms with E-state index in [2.05, 4.69) is 12.1 Å². The quantitative estimate of drug-likeness (QED) is 0.771. The van der Waals surface area contributed by atoms with E-state index in [9.17, 15) is 9.00 Å². The highest BCUT2D eigenvalue weighted by Gasteiger charge is 2.33. The van der Waals surface area contributed by atoms with Crippen LogP contribution in [0.25, 0.3) is 0 Å². The van der Waals surface area contributed by atoms with Crippen molar-refractivity contribution in [1.29, 1.82) is 0 Å². The number of hydrogen-bond acceptors (Lipinski definition) is 3. The lowest BCUT2D eigenvalue weighted by molar-refractivity contribution is -0.155. The van der Waals surface area contributed by atoms with Gasteiger partial charge in [-0.1, -0.05) is 48.0 Å². The first-order valence-electron chi connectivity index (χ1n) is 8.35. The summed E-state index contributed by atoms with van der Waals surface area (Å²) in [7, 11) is -1.30. The number of aryl methyl sites for hydroxylation is 2. The molecule has 4 heteroatoms. The molecule has 0 aliphatic carbocycles. The summed E-state index contributed by atoms with van der Waals surface area (Å²) < 4.78 is 18.1. The number of ether oxygens (including phenoxy) is 1. The third kappa shape index (κ3) is 4.12. The van der Waals surface area contributed by atoms with Gasteiger partial charge in [0.05, 0.1) is 16.7 Å². The molecule has 0 saturated carbocycles. The van der Waals surface area contributed by atoms with Crippen LogP contribution >= 0.6 is 0 Å². The second kappa shape index (κ2) is 7.75. The average Bonchev–Trinajstić information content (AvgIpc) is 2.61. The minimum Gasteiger partial charge on any atom is -0.448 e. The van der Waals surface area contributed by atoms with E-state index < -0.39 is 16.2 Å². The summed E-state index contributed by atoms with van der Waals surface area (Å²) in [5.74, 6) is -0.292. The molecule has 24 heavy (non-hydrogen) atoms. The van der Waals surface area contributed by atoms with Gasteiger partial charge < -0.3 is 4.74 Å². The van der Waals surface area contributed by atoms with Crippen LogP contribution in [0.3, 0.4) is 0 Å². The van der Waals surface area contributed by atoms with E-state index in [0.717, 1.165) is 29.7 Å². The Morgan fingerprint density at radius 1 is 1.04 bits per heavy atom. The van der Waals surface area contributed by atoms with Crippen molar-refractivity contribution < 1.29 is 13.7 Å². The summed E-state index contributed by atoms with van der Waals surface area (Å²) in [6.45, 7) is 1.99. The van der Waals surface area contributed by atoms with E-state index in [0.29, 0.717) is 6.42 Å². The van der Waals surface area contributed by atoms with E-state index in [1.807, 2.05) is 49.4 Å². The molecule has 0 radical (unpaired) electrons. The van der Waals surface area contributed by atoms with Gasteiger partial charge in [0.2, 0.25) is 0 Å². The summed E-state index contributed by atoms with van der Waals surface area (Å²) in [6, 6.07) is 17.7. The summed E-state index contributed by atoms with van der Waals surface area (Å²) in [6.07, 6.45) is 3.05. The fourth-order valence-electron chi connectivity index (χ4n) is 2.96. The largest absolute Gasteiger partial charge is 0.448 e. The Balaban J connectivity index is 1.56. The molecule has 0 aromatic heterocycles. The van der Waals surface area contributed by atoms with Gasteiger partial charge in [-0.3, -0.25) is 9.00 Å². The lowest BCUT2D eigenvalue weighted by Crippen LogP contribution is -2.34. The van der Waals surface area contributed by atoms with E-state index in [-0.39, 0.29) is 11.9 Å². The molecule has 3 rings (SSSR count). The molecule has 0 spiro atoms. The van der Waals surface area contributed by atoms with Crippen LogP contribution in [0, 0.1) is 12.8 Å². The minimum atomic E-state index is -1.30. The number of cyclic esters (lactones) is 1. The van der Waals surface area contributed by atoms with Crippen molar-refractivity contribution in [1.82, 2.24) is 0 Å². The lowest BCUT2D eigenvalue weighted by Gasteiger charge is -2.27. The van der Waals surface area contributed by atoms with Crippen LogP contribution in [0.15, 0.2) is 59.5 Å². The molecule has 1 heterocycles. The molecule has 3 atom stereocenters. The van der Waals surface area contributed by atoms with Crippen molar-refractivity contribution in [3.05, 3.63) is 65.7 Å². The molecule has 1 aliphatic heterocycles. The van der Waals surface area contributed by atoms with Crippen LogP contribution < -0.4 is 0 Å². The molecule has 1 unspecified atom stereocenters. The maximum absolute atomic E-state index is 12.6. The smallest absolute Gasteiger partial charge is 0.310 e. The first kappa shape index (κ1) is 16.9. The van der Waals surface area contributed by atoms with E-state index >= 15 is 0 Å². The zero-order chi connectivity index (χ0) is 16.9. The van der Waals surface area contributed by atoms with Gasteiger partial charge >= 0.3 is 5.97 Å². The summed E-state index contributed by atoms with van der Waals surface area (Å²) in [5.41, 5.74) is 1.83. The van der Waals surface area contributed by atoms with Gasteiger partial charge in [0.15, 0.2) is 5.44 Å². The highest BCUT2D eigenvalue weighted by Crippen LogP contribution is 2.28. The van der Waals surface area contributed by atoms with Crippen LogP contribution in [0.2, 0.25) is 0 Å².